The second-order valence-corrected chi connectivity index (χ2v) is 12.4. The first-order valence-corrected chi connectivity index (χ1v) is 15.4. The van der Waals surface area contributed by atoms with Crippen molar-refractivity contribution in [1.29, 1.82) is 0 Å². The lowest BCUT2D eigenvalue weighted by Crippen LogP contribution is -2.63. The van der Waals surface area contributed by atoms with Crippen molar-refractivity contribution < 1.29 is 42.4 Å². The number of esters is 1. The molecule has 4 aliphatic heterocycles. The molecule has 1 unspecified atom stereocenters. The number of carbonyl (C=O) groups excluding carboxylic acids is 1. The highest BCUT2D eigenvalue weighted by Crippen LogP contribution is 2.44. The van der Waals surface area contributed by atoms with E-state index in [0.717, 1.165) is 18.9 Å². The van der Waals surface area contributed by atoms with Gasteiger partial charge < -0.3 is 39.3 Å². The summed E-state index contributed by atoms with van der Waals surface area (Å²) in [4.78, 5) is 40.3. The van der Waals surface area contributed by atoms with Gasteiger partial charge in [0.15, 0.2) is 11.6 Å². The summed E-state index contributed by atoms with van der Waals surface area (Å²) < 4.78 is 56.2. The minimum atomic E-state index is -1.45. The van der Waals surface area contributed by atoms with Crippen LogP contribution in [0.1, 0.15) is 49.0 Å². The number of pyridine rings is 1. The van der Waals surface area contributed by atoms with E-state index in [2.05, 4.69) is 0 Å². The molecule has 3 aromatic rings. The third-order valence-corrected chi connectivity index (χ3v) is 9.16. The van der Waals surface area contributed by atoms with Gasteiger partial charge in [0.1, 0.15) is 42.6 Å². The summed E-state index contributed by atoms with van der Waals surface area (Å²) in [5.74, 6) is -4.54. The van der Waals surface area contributed by atoms with Crippen molar-refractivity contribution in [3.8, 4) is 11.5 Å². The maximum absolute atomic E-state index is 15.6. The molecule has 252 valence electrons. The van der Waals surface area contributed by atoms with Crippen LogP contribution < -0.4 is 25.5 Å². The molecule has 3 N–H and O–H groups in total. The number of aromatic carboxylic acids is 1. The van der Waals surface area contributed by atoms with Crippen molar-refractivity contribution in [3.63, 3.8) is 0 Å². The smallest absolute Gasteiger partial charge is 0.341 e. The molecule has 47 heavy (non-hydrogen) atoms. The second-order valence-electron chi connectivity index (χ2n) is 12.4. The normalized spacial score (nSPS) is 23.5. The minimum absolute atomic E-state index is 0. The summed E-state index contributed by atoms with van der Waals surface area (Å²) in [6, 6.07) is 6.45. The van der Waals surface area contributed by atoms with Crippen molar-refractivity contribution >= 4 is 40.9 Å². The standard InChI is InChI=1S/C32H34F2N4O8.ClH/c1-17(35)31(42)43-15-21-13-37(16-44-21)32(45-20-4-5-28(46-32)25(34)10-20)18-6-8-36(9-7-18)27-12-26-22(11-24(27)33)29(39)23(30(40)41)14-38(26)19-2-3-19;/h4-5,10-12,14,17-19,21H,2-3,6-9,13,15-16,35H2,1H3,(H,40,41);1H/t17-,21+,32?;/m0./s1. The largest absolute Gasteiger partial charge is 0.477 e. The maximum Gasteiger partial charge on any atom is 0.341 e. The van der Waals surface area contributed by atoms with Gasteiger partial charge in [-0.2, -0.15) is 0 Å². The number of fused-ring (bicyclic) bond motifs is 5. The molecular weight excluding hydrogens is 642 g/mol. The van der Waals surface area contributed by atoms with Gasteiger partial charge in [-0.05, 0) is 56.9 Å². The first-order valence-electron chi connectivity index (χ1n) is 15.4. The summed E-state index contributed by atoms with van der Waals surface area (Å²) >= 11 is 0. The second kappa shape index (κ2) is 12.6. The topological polar surface area (TPSA) is 146 Å². The molecule has 1 aliphatic carbocycles. The highest BCUT2D eigenvalue weighted by molar-refractivity contribution is 5.93. The number of rotatable bonds is 8. The maximum atomic E-state index is 15.6. The van der Waals surface area contributed by atoms with Gasteiger partial charge in [-0.25, -0.2) is 18.5 Å². The number of nitrogens with two attached hydrogens (primary N) is 1. The Hall–Kier alpha value is -3.98. The molecule has 5 aliphatic rings. The van der Waals surface area contributed by atoms with Crippen LogP contribution in [-0.4, -0.2) is 77.5 Å². The van der Waals surface area contributed by atoms with E-state index in [9.17, 15) is 23.9 Å². The Morgan fingerprint density at radius 1 is 1.11 bits per heavy atom. The number of nitrogens with zero attached hydrogens (tertiary/aromatic N) is 3. The number of hydrogen-bond donors (Lipinski definition) is 2. The molecule has 12 nitrogen and oxygen atoms in total. The number of carbonyl (C=O) groups is 2. The molecule has 3 atom stereocenters. The van der Waals surface area contributed by atoms with Gasteiger partial charge in [0, 0.05) is 43.3 Å². The van der Waals surface area contributed by atoms with Crippen LogP contribution in [0.25, 0.3) is 10.9 Å². The van der Waals surface area contributed by atoms with Crippen molar-refractivity contribution in [1.82, 2.24) is 9.47 Å². The first-order chi connectivity index (χ1) is 22.0. The fraction of sp³-hybridized carbons (Fsp3) is 0.469. The van der Waals surface area contributed by atoms with Crippen LogP contribution in [-0.2, 0) is 14.3 Å². The number of piperidine rings is 1. The summed E-state index contributed by atoms with van der Waals surface area (Å²) in [5, 5.41) is 9.59. The molecule has 2 aromatic carbocycles. The average molecular weight is 677 g/mol. The molecule has 3 fully saturated rings. The van der Waals surface area contributed by atoms with Gasteiger partial charge in [-0.3, -0.25) is 9.59 Å². The van der Waals surface area contributed by atoms with E-state index >= 15 is 4.39 Å². The van der Waals surface area contributed by atoms with Crippen molar-refractivity contribution in [3.05, 3.63) is 63.9 Å². The number of aromatic nitrogens is 1. The molecule has 5 heterocycles. The number of carboxylic acid groups (broad SMARTS) is 1. The van der Waals surface area contributed by atoms with E-state index < -0.39 is 47.1 Å². The molecule has 2 saturated heterocycles. The molecule has 0 amide bonds. The fourth-order valence-electron chi connectivity index (χ4n) is 6.59. The van der Waals surface area contributed by atoms with Crippen LogP contribution in [0.3, 0.4) is 0 Å². The zero-order valence-electron chi connectivity index (χ0n) is 25.5. The number of ether oxygens (including phenoxy) is 4. The predicted octanol–water partition coefficient (Wildman–Crippen LogP) is 3.62. The van der Waals surface area contributed by atoms with E-state index in [1.54, 1.807) is 16.7 Å². The number of halogens is 3. The first kappa shape index (κ1) is 32.9. The Kier molecular flexibility index (Phi) is 8.81. The lowest BCUT2D eigenvalue weighted by Gasteiger charge is -2.47. The Morgan fingerprint density at radius 2 is 1.85 bits per heavy atom. The van der Waals surface area contributed by atoms with Crippen molar-refractivity contribution in [2.45, 2.75) is 56.7 Å². The van der Waals surface area contributed by atoms with Crippen LogP contribution in [0.15, 0.2) is 41.3 Å². The zero-order valence-corrected chi connectivity index (χ0v) is 26.3. The fourth-order valence-corrected chi connectivity index (χ4v) is 6.59. The summed E-state index contributed by atoms with van der Waals surface area (Å²) in [5.41, 5.74) is 5.30. The predicted molar refractivity (Wildman–Crippen MR) is 167 cm³/mol. The summed E-state index contributed by atoms with van der Waals surface area (Å²) in [6.45, 7) is 2.62. The Bertz CT molecular complexity index is 1780. The zero-order chi connectivity index (χ0) is 32.3. The van der Waals surface area contributed by atoms with Gasteiger partial charge in [-0.15, -0.1) is 12.4 Å². The Balaban J connectivity index is 0.00000386. The molecule has 2 bridgehead atoms. The number of carboxylic acids is 1. The third-order valence-electron chi connectivity index (χ3n) is 9.16. The Morgan fingerprint density at radius 3 is 2.51 bits per heavy atom. The quantitative estimate of drug-likeness (QED) is 0.338. The number of benzene rings is 2. The van der Waals surface area contributed by atoms with Gasteiger partial charge in [0.05, 0.1) is 17.1 Å². The van der Waals surface area contributed by atoms with Gasteiger partial charge >= 0.3 is 17.8 Å². The molecule has 8 rings (SSSR count). The third kappa shape index (κ3) is 5.99. The van der Waals surface area contributed by atoms with Crippen LogP contribution in [0.5, 0.6) is 11.5 Å². The number of anilines is 1. The highest BCUT2D eigenvalue weighted by Gasteiger charge is 2.54. The molecule has 0 spiro atoms. The molecular formula is C32H35ClF2N4O8. The van der Waals surface area contributed by atoms with E-state index in [-0.39, 0.29) is 66.7 Å². The van der Waals surface area contributed by atoms with Gasteiger partial charge in [-0.1, -0.05) is 0 Å². The van der Waals surface area contributed by atoms with Crippen LogP contribution in [0.4, 0.5) is 14.5 Å². The molecule has 15 heteroatoms. The van der Waals surface area contributed by atoms with Crippen LogP contribution in [0.2, 0.25) is 0 Å². The van der Waals surface area contributed by atoms with E-state index in [0.29, 0.717) is 37.1 Å². The van der Waals surface area contributed by atoms with Gasteiger partial charge in [0.25, 0.3) is 0 Å². The number of hydrogen-bond acceptors (Lipinski definition) is 10. The van der Waals surface area contributed by atoms with Gasteiger partial charge in [0.2, 0.25) is 5.43 Å². The summed E-state index contributed by atoms with van der Waals surface area (Å²) in [6.07, 6.45) is 3.48. The summed E-state index contributed by atoms with van der Waals surface area (Å²) in [7, 11) is 0. The SMILES string of the molecule is C[C@H](N)C(=O)OC[C@H]1CN(C2(C3CCN(c4cc5c(cc4F)c(=O)c(C(=O)O)cn5C4CC4)CC3)Oc3ccc(c(F)c3)O2)CO1.Cl. The minimum Gasteiger partial charge on any atom is -0.477 e. The molecule has 1 aromatic heterocycles. The average Bonchev–Trinajstić information content (AvgIpc) is 3.82. The van der Waals surface area contributed by atoms with Crippen molar-refractivity contribution in [2.75, 3.05) is 37.9 Å². The Labute approximate surface area is 274 Å². The highest BCUT2D eigenvalue weighted by atomic mass is 35.5. The van der Waals surface area contributed by atoms with Crippen LogP contribution in [0, 0.1) is 17.6 Å². The van der Waals surface area contributed by atoms with E-state index in [4.69, 9.17) is 24.7 Å². The van der Waals surface area contributed by atoms with Crippen molar-refractivity contribution in [2.24, 2.45) is 11.7 Å². The lowest BCUT2D eigenvalue weighted by atomic mass is 9.91. The van der Waals surface area contributed by atoms with E-state index in [1.165, 1.54) is 25.3 Å². The van der Waals surface area contributed by atoms with Crippen LogP contribution >= 0.6 is 12.4 Å². The van der Waals surface area contributed by atoms with E-state index in [1.807, 2.05) is 9.80 Å². The monoisotopic (exact) mass is 676 g/mol. The molecule has 1 saturated carbocycles. The lowest BCUT2D eigenvalue weighted by molar-refractivity contribution is -0.260. The molecule has 0 radical (unpaired) electrons.